The average Bonchev–Trinajstić information content (AvgIpc) is 3.21. The normalized spacial score (nSPS) is 17.3. The van der Waals surface area contributed by atoms with E-state index in [2.05, 4.69) is 49.1 Å². The molecule has 0 bridgehead atoms. The number of pyridine rings is 1. The van der Waals surface area contributed by atoms with Crippen molar-refractivity contribution in [2.45, 2.75) is 72.3 Å². The average molecular weight is 563 g/mol. The summed E-state index contributed by atoms with van der Waals surface area (Å²) in [5, 5.41) is 9.94. The summed E-state index contributed by atoms with van der Waals surface area (Å²) in [6, 6.07) is 12.8. The predicted molar refractivity (Wildman–Crippen MR) is 165 cm³/mol. The van der Waals surface area contributed by atoms with Crippen LogP contribution in [0.2, 0.25) is 0 Å². The fourth-order valence-electron chi connectivity index (χ4n) is 5.44. The van der Waals surface area contributed by atoms with Crippen LogP contribution in [-0.4, -0.2) is 39.3 Å². The molecule has 1 aromatic heterocycles. The molecule has 4 rings (SSSR count). The zero-order valence-corrected chi connectivity index (χ0v) is 24.9. The number of carbonyl (C=O) groups excluding carboxylic acids is 1. The molecule has 2 aromatic rings. The topological polar surface area (TPSA) is 69.3 Å². The Kier molecular flexibility index (Phi) is 10.0. The minimum absolute atomic E-state index is 0.0878. The van der Waals surface area contributed by atoms with Gasteiger partial charge in [-0.05, 0) is 62.1 Å². The third-order valence-electron chi connectivity index (χ3n) is 7.75. The molecule has 2 aliphatic heterocycles. The Labute approximate surface area is 241 Å². The summed E-state index contributed by atoms with van der Waals surface area (Å²) in [7, 11) is 0. The van der Waals surface area contributed by atoms with Gasteiger partial charge < -0.3 is 4.90 Å². The molecule has 0 atom stereocenters. The van der Waals surface area contributed by atoms with Crippen LogP contribution in [0.4, 0.5) is 5.82 Å². The SMILES string of the molecule is CCCCN1C(=O)/C(=C/c2c(C)c(C#N)c(=O)n(CCCC)c2N2CCC(Cc3ccccc3)CC2)SC1=S. The highest BCUT2D eigenvalue weighted by Crippen LogP contribution is 2.37. The molecular formula is C31H38N4O2S2. The minimum Gasteiger partial charge on any atom is -0.357 e. The minimum atomic E-state index is -0.238. The number of rotatable bonds is 10. The van der Waals surface area contributed by atoms with Crippen molar-refractivity contribution in [2.24, 2.45) is 5.92 Å². The van der Waals surface area contributed by atoms with Crippen LogP contribution in [0.1, 0.15) is 74.6 Å². The number of nitrogens with zero attached hydrogens (tertiary/aromatic N) is 4. The molecule has 0 unspecified atom stereocenters. The maximum atomic E-state index is 13.6. The maximum absolute atomic E-state index is 13.6. The van der Waals surface area contributed by atoms with Gasteiger partial charge in [0.1, 0.15) is 21.8 Å². The third-order valence-corrected chi connectivity index (χ3v) is 9.13. The smallest absolute Gasteiger partial charge is 0.270 e. The highest BCUT2D eigenvalue weighted by molar-refractivity contribution is 8.26. The van der Waals surface area contributed by atoms with Crippen LogP contribution in [0.25, 0.3) is 6.08 Å². The van der Waals surface area contributed by atoms with Crippen LogP contribution in [0.15, 0.2) is 40.0 Å². The van der Waals surface area contributed by atoms with E-state index < -0.39 is 0 Å². The Morgan fingerprint density at radius 3 is 2.38 bits per heavy atom. The lowest BCUT2D eigenvalue weighted by Crippen LogP contribution is -2.40. The summed E-state index contributed by atoms with van der Waals surface area (Å²) in [6.45, 7) is 8.83. The van der Waals surface area contributed by atoms with E-state index in [1.54, 1.807) is 9.47 Å². The van der Waals surface area contributed by atoms with Crippen LogP contribution in [0.5, 0.6) is 0 Å². The maximum Gasteiger partial charge on any atom is 0.270 e. The number of amides is 1. The molecule has 8 heteroatoms. The number of thiocarbonyl (C=S) groups is 1. The first-order valence-electron chi connectivity index (χ1n) is 14.1. The van der Waals surface area contributed by atoms with Crippen LogP contribution in [0.3, 0.4) is 0 Å². The summed E-state index contributed by atoms with van der Waals surface area (Å²) >= 11 is 6.86. The molecule has 0 spiro atoms. The lowest BCUT2D eigenvalue weighted by Gasteiger charge is -2.36. The lowest BCUT2D eigenvalue weighted by atomic mass is 9.90. The van der Waals surface area contributed by atoms with Gasteiger partial charge in [-0.2, -0.15) is 5.26 Å². The number of benzene rings is 1. The zero-order valence-electron chi connectivity index (χ0n) is 23.2. The van der Waals surface area contributed by atoms with Gasteiger partial charge in [-0.25, -0.2) is 0 Å². The van der Waals surface area contributed by atoms with Crippen molar-refractivity contribution in [1.82, 2.24) is 9.47 Å². The fraction of sp³-hybridized carbons (Fsp3) is 0.484. The summed E-state index contributed by atoms with van der Waals surface area (Å²) in [4.78, 5) is 31.4. The molecule has 1 aromatic carbocycles. The monoisotopic (exact) mass is 562 g/mol. The van der Waals surface area contributed by atoms with Crippen LogP contribution < -0.4 is 10.5 Å². The van der Waals surface area contributed by atoms with Crippen molar-refractivity contribution < 1.29 is 4.79 Å². The van der Waals surface area contributed by atoms with E-state index in [9.17, 15) is 14.9 Å². The fourth-order valence-corrected chi connectivity index (χ4v) is 6.74. The lowest BCUT2D eigenvalue weighted by molar-refractivity contribution is -0.122. The number of anilines is 1. The van der Waals surface area contributed by atoms with E-state index in [1.807, 2.05) is 19.1 Å². The Bertz CT molecular complexity index is 1340. The number of unbranched alkanes of at least 4 members (excludes halogenated alkanes) is 2. The molecule has 206 valence electrons. The van der Waals surface area contributed by atoms with Gasteiger partial charge in [0.2, 0.25) is 0 Å². The first-order chi connectivity index (χ1) is 18.9. The Morgan fingerprint density at radius 2 is 1.74 bits per heavy atom. The molecule has 6 nitrogen and oxygen atoms in total. The van der Waals surface area contributed by atoms with Crippen molar-refractivity contribution >= 4 is 46.1 Å². The Balaban J connectivity index is 1.73. The highest BCUT2D eigenvalue weighted by atomic mass is 32.2. The Hall–Kier alpha value is -2.89. The first-order valence-corrected chi connectivity index (χ1v) is 15.3. The second kappa shape index (κ2) is 13.5. The van der Waals surface area contributed by atoms with Gasteiger partial charge in [-0.1, -0.05) is 81.0 Å². The largest absolute Gasteiger partial charge is 0.357 e. The second-order valence-corrected chi connectivity index (χ2v) is 12.1. The van der Waals surface area contributed by atoms with Gasteiger partial charge >= 0.3 is 0 Å². The van der Waals surface area contributed by atoms with E-state index in [1.165, 1.54) is 17.3 Å². The van der Waals surface area contributed by atoms with Gasteiger partial charge in [-0.15, -0.1) is 0 Å². The summed E-state index contributed by atoms with van der Waals surface area (Å²) in [6.07, 6.45) is 8.63. The first kappa shape index (κ1) is 29.1. The number of carbonyl (C=O) groups is 1. The van der Waals surface area contributed by atoms with E-state index >= 15 is 0 Å². The zero-order chi connectivity index (χ0) is 27.9. The highest BCUT2D eigenvalue weighted by Gasteiger charge is 2.33. The number of nitriles is 1. The summed E-state index contributed by atoms with van der Waals surface area (Å²) < 4.78 is 2.36. The predicted octanol–water partition coefficient (Wildman–Crippen LogP) is 6.29. The summed E-state index contributed by atoms with van der Waals surface area (Å²) in [5.41, 5.74) is 2.70. The molecule has 39 heavy (non-hydrogen) atoms. The second-order valence-electron chi connectivity index (χ2n) is 10.5. The van der Waals surface area contributed by atoms with E-state index in [0.29, 0.717) is 33.8 Å². The molecule has 0 aliphatic carbocycles. The summed E-state index contributed by atoms with van der Waals surface area (Å²) in [5.74, 6) is 1.33. The van der Waals surface area contributed by atoms with Gasteiger partial charge in [0.15, 0.2) is 0 Å². The molecule has 0 saturated carbocycles. The van der Waals surface area contributed by atoms with Gasteiger partial charge in [0, 0.05) is 31.7 Å². The van der Waals surface area contributed by atoms with Gasteiger partial charge in [0.25, 0.3) is 11.5 Å². The molecule has 2 aliphatic rings. The van der Waals surface area contributed by atoms with E-state index in [-0.39, 0.29) is 17.0 Å². The van der Waals surface area contributed by atoms with Crippen molar-refractivity contribution in [2.75, 3.05) is 24.5 Å². The van der Waals surface area contributed by atoms with Gasteiger partial charge in [0.05, 0.1) is 4.91 Å². The number of hydrogen-bond acceptors (Lipinski definition) is 6. The number of piperidine rings is 1. The van der Waals surface area contributed by atoms with E-state index in [0.717, 1.165) is 69.4 Å². The van der Waals surface area contributed by atoms with Crippen LogP contribution >= 0.6 is 24.0 Å². The molecule has 1 amide bonds. The molecule has 3 heterocycles. The van der Waals surface area contributed by atoms with Crippen molar-refractivity contribution in [1.29, 1.82) is 5.26 Å². The van der Waals surface area contributed by atoms with Gasteiger partial charge in [-0.3, -0.25) is 19.1 Å². The Morgan fingerprint density at radius 1 is 1.08 bits per heavy atom. The third kappa shape index (κ3) is 6.47. The standard InChI is InChI=1S/C31H38N4O2S2/c1-4-6-15-34-28(33-17-13-24(14-18-33)19-23-11-9-8-10-12-23)25(22(3)26(21-32)29(34)36)20-27-30(37)35(16-7-5-2)31(38)39-27/h8-12,20,24H,4-7,13-19H2,1-3H3/b27-20-. The molecule has 0 radical (unpaired) electrons. The van der Waals surface area contributed by atoms with Crippen LogP contribution in [-0.2, 0) is 17.8 Å². The molecule has 0 N–H and O–H groups in total. The van der Waals surface area contributed by atoms with Crippen LogP contribution in [0, 0.1) is 24.2 Å². The quantitative estimate of drug-likeness (QED) is 0.250. The number of aromatic nitrogens is 1. The molecule has 2 fully saturated rings. The van der Waals surface area contributed by atoms with E-state index in [4.69, 9.17) is 12.2 Å². The number of hydrogen-bond donors (Lipinski definition) is 0. The molecule has 2 saturated heterocycles. The van der Waals surface area contributed by atoms with Crippen molar-refractivity contribution in [3.8, 4) is 6.07 Å². The van der Waals surface area contributed by atoms with Crippen molar-refractivity contribution in [3.05, 3.63) is 67.8 Å². The molecular weight excluding hydrogens is 525 g/mol. The number of thioether (sulfide) groups is 1. The van der Waals surface area contributed by atoms with Crippen molar-refractivity contribution in [3.63, 3.8) is 0 Å².